The Morgan fingerprint density at radius 1 is 1.33 bits per heavy atom. The summed E-state index contributed by atoms with van der Waals surface area (Å²) in [7, 11) is 0. The Bertz CT molecular complexity index is 569. The Hall–Kier alpha value is -1.87. The van der Waals surface area contributed by atoms with Crippen LogP contribution in [0.15, 0.2) is 42.7 Å². The monoisotopic (exact) mass is 260 g/mol. The van der Waals surface area contributed by atoms with E-state index in [-0.39, 0.29) is 5.91 Å². The molecule has 0 aliphatic rings. The molecule has 18 heavy (non-hydrogen) atoms. The van der Waals surface area contributed by atoms with Crippen molar-refractivity contribution in [3.63, 3.8) is 0 Å². The van der Waals surface area contributed by atoms with Crippen LogP contribution in [-0.2, 0) is 6.42 Å². The van der Waals surface area contributed by atoms with Crippen LogP contribution < -0.4 is 5.32 Å². The lowest BCUT2D eigenvalue weighted by atomic mass is 10.1. The van der Waals surface area contributed by atoms with Gasteiger partial charge in [-0.3, -0.25) is 9.78 Å². The van der Waals surface area contributed by atoms with Gasteiger partial charge < -0.3 is 5.32 Å². The van der Waals surface area contributed by atoms with Crippen molar-refractivity contribution in [2.45, 2.75) is 13.3 Å². The largest absolute Gasteiger partial charge is 0.322 e. The molecule has 0 radical (unpaired) electrons. The van der Waals surface area contributed by atoms with Crippen LogP contribution in [0.3, 0.4) is 0 Å². The van der Waals surface area contributed by atoms with Gasteiger partial charge >= 0.3 is 0 Å². The van der Waals surface area contributed by atoms with Gasteiger partial charge in [-0.2, -0.15) is 0 Å². The van der Waals surface area contributed by atoms with Crippen molar-refractivity contribution >= 4 is 23.2 Å². The van der Waals surface area contributed by atoms with Gasteiger partial charge in [0.25, 0.3) is 5.91 Å². The van der Waals surface area contributed by atoms with Crippen LogP contribution in [0.4, 0.5) is 5.69 Å². The first-order valence-corrected chi connectivity index (χ1v) is 6.09. The number of amides is 1. The maximum absolute atomic E-state index is 12.1. The maximum atomic E-state index is 12.1. The molecule has 4 heteroatoms. The zero-order valence-corrected chi connectivity index (χ0v) is 10.7. The molecule has 1 amide bonds. The molecular formula is C14H13ClN2O. The number of carbonyl (C=O) groups excluding carboxylic acids is 1. The van der Waals surface area contributed by atoms with Crippen molar-refractivity contribution in [2.75, 3.05) is 5.32 Å². The van der Waals surface area contributed by atoms with E-state index >= 15 is 0 Å². The quantitative estimate of drug-likeness (QED) is 0.917. The molecule has 3 nitrogen and oxygen atoms in total. The molecule has 2 aromatic rings. The van der Waals surface area contributed by atoms with Crippen molar-refractivity contribution in [2.24, 2.45) is 0 Å². The van der Waals surface area contributed by atoms with Gasteiger partial charge in [0, 0.05) is 18.1 Å². The third-order valence-corrected chi connectivity index (χ3v) is 2.99. The van der Waals surface area contributed by atoms with E-state index in [0.29, 0.717) is 10.6 Å². The minimum Gasteiger partial charge on any atom is -0.322 e. The fourth-order valence-corrected chi connectivity index (χ4v) is 1.88. The lowest BCUT2D eigenvalue weighted by Gasteiger charge is -2.10. The second-order valence-electron chi connectivity index (χ2n) is 3.82. The third kappa shape index (κ3) is 2.68. The molecule has 0 aliphatic heterocycles. The van der Waals surface area contributed by atoms with Gasteiger partial charge in [0.05, 0.1) is 10.6 Å². The summed E-state index contributed by atoms with van der Waals surface area (Å²) in [5.74, 6) is -0.242. The summed E-state index contributed by atoms with van der Waals surface area (Å²) in [6.07, 6.45) is 3.88. The molecule has 0 saturated heterocycles. The minimum atomic E-state index is -0.242. The summed E-state index contributed by atoms with van der Waals surface area (Å²) in [5.41, 5.74) is 2.28. The molecule has 0 spiro atoms. The number of aryl methyl sites for hydroxylation is 1. The third-order valence-electron chi connectivity index (χ3n) is 2.66. The molecule has 2 rings (SSSR count). The van der Waals surface area contributed by atoms with E-state index in [1.54, 1.807) is 12.3 Å². The van der Waals surface area contributed by atoms with E-state index in [1.807, 2.05) is 31.2 Å². The van der Waals surface area contributed by atoms with E-state index in [4.69, 9.17) is 11.6 Å². The van der Waals surface area contributed by atoms with E-state index in [2.05, 4.69) is 10.3 Å². The first-order chi connectivity index (χ1) is 8.72. The lowest BCUT2D eigenvalue weighted by molar-refractivity contribution is 0.102. The highest BCUT2D eigenvalue weighted by molar-refractivity contribution is 6.34. The summed E-state index contributed by atoms with van der Waals surface area (Å²) < 4.78 is 0. The predicted octanol–water partition coefficient (Wildman–Crippen LogP) is 3.55. The highest BCUT2D eigenvalue weighted by Gasteiger charge is 2.11. The van der Waals surface area contributed by atoms with Crippen molar-refractivity contribution < 1.29 is 4.79 Å². The predicted molar refractivity (Wildman–Crippen MR) is 73.0 cm³/mol. The van der Waals surface area contributed by atoms with Crippen LogP contribution in [0, 0.1) is 0 Å². The Kier molecular flexibility index (Phi) is 3.95. The molecule has 0 aliphatic carbocycles. The van der Waals surface area contributed by atoms with E-state index < -0.39 is 0 Å². The van der Waals surface area contributed by atoms with Gasteiger partial charge in [0.15, 0.2) is 0 Å². The highest BCUT2D eigenvalue weighted by Crippen LogP contribution is 2.19. The van der Waals surface area contributed by atoms with Gasteiger partial charge in [0.2, 0.25) is 0 Å². The first kappa shape index (κ1) is 12.6. The Morgan fingerprint density at radius 3 is 2.83 bits per heavy atom. The SMILES string of the molecule is CCc1ccccc1NC(=O)c1cnccc1Cl. The number of para-hydroxylation sites is 1. The van der Waals surface area contributed by atoms with Crippen molar-refractivity contribution in [1.29, 1.82) is 0 Å². The van der Waals surface area contributed by atoms with Gasteiger partial charge in [0.1, 0.15) is 0 Å². The fourth-order valence-electron chi connectivity index (χ4n) is 1.68. The smallest absolute Gasteiger partial charge is 0.258 e. The summed E-state index contributed by atoms with van der Waals surface area (Å²) in [4.78, 5) is 16.0. The molecule has 1 N–H and O–H groups in total. The Morgan fingerprint density at radius 2 is 2.11 bits per heavy atom. The van der Waals surface area contributed by atoms with Crippen LogP contribution in [0.25, 0.3) is 0 Å². The second kappa shape index (κ2) is 5.65. The van der Waals surface area contributed by atoms with Crippen molar-refractivity contribution in [3.8, 4) is 0 Å². The van der Waals surface area contributed by atoms with E-state index in [0.717, 1.165) is 17.7 Å². The summed E-state index contributed by atoms with van der Waals surface area (Å²) in [5, 5.41) is 3.25. The molecule has 0 fully saturated rings. The molecule has 1 aromatic carbocycles. The molecule has 0 atom stereocenters. The number of hydrogen-bond acceptors (Lipinski definition) is 2. The number of halogens is 1. The maximum Gasteiger partial charge on any atom is 0.258 e. The molecule has 0 saturated carbocycles. The normalized spacial score (nSPS) is 10.1. The highest BCUT2D eigenvalue weighted by atomic mass is 35.5. The van der Waals surface area contributed by atoms with Crippen LogP contribution in [-0.4, -0.2) is 10.9 Å². The number of nitrogens with one attached hydrogen (secondary N) is 1. The number of carbonyl (C=O) groups is 1. The molecule has 92 valence electrons. The zero-order chi connectivity index (χ0) is 13.0. The van der Waals surface area contributed by atoms with Gasteiger partial charge in [-0.25, -0.2) is 0 Å². The van der Waals surface area contributed by atoms with Crippen molar-refractivity contribution in [3.05, 3.63) is 58.9 Å². The Balaban J connectivity index is 2.24. The lowest BCUT2D eigenvalue weighted by Crippen LogP contribution is -2.14. The summed E-state index contributed by atoms with van der Waals surface area (Å²) in [6.45, 7) is 2.04. The number of pyridine rings is 1. The number of aromatic nitrogens is 1. The van der Waals surface area contributed by atoms with E-state index in [9.17, 15) is 4.79 Å². The zero-order valence-electron chi connectivity index (χ0n) is 9.98. The van der Waals surface area contributed by atoms with Crippen LogP contribution in [0.5, 0.6) is 0 Å². The summed E-state index contributed by atoms with van der Waals surface area (Å²) in [6, 6.07) is 9.30. The standard InChI is InChI=1S/C14H13ClN2O/c1-2-10-5-3-4-6-13(10)17-14(18)11-9-16-8-7-12(11)15/h3-9H,2H2,1H3,(H,17,18). The molecule has 0 unspecified atom stereocenters. The van der Waals surface area contributed by atoms with Gasteiger partial charge in [-0.1, -0.05) is 36.7 Å². The van der Waals surface area contributed by atoms with Crippen LogP contribution in [0.1, 0.15) is 22.8 Å². The van der Waals surface area contributed by atoms with Gasteiger partial charge in [-0.15, -0.1) is 0 Å². The van der Waals surface area contributed by atoms with Crippen LogP contribution in [0.2, 0.25) is 5.02 Å². The molecule has 1 heterocycles. The van der Waals surface area contributed by atoms with Gasteiger partial charge in [-0.05, 0) is 24.1 Å². The van der Waals surface area contributed by atoms with E-state index in [1.165, 1.54) is 6.20 Å². The topological polar surface area (TPSA) is 42.0 Å². The molecule has 1 aromatic heterocycles. The minimum absolute atomic E-state index is 0.242. The number of nitrogens with zero attached hydrogens (tertiary/aromatic N) is 1. The Labute approximate surface area is 111 Å². The number of anilines is 1. The van der Waals surface area contributed by atoms with Crippen molar-refractivity contribution in [1.82, 2.24) is 4.98 Å². The number of benzene rings is 1. The number of hydrogen-bond donors (Lipinski definition) is 1. The average Bonchev–Trinajstić information content (AvgIpc) is 2.39. The molecule has 0 bridgehead atoms. The second-order valence-corrected chi connectivity index (χ2v) is 4.23. The van der Waals surface area contributed by atoms with Crippen LogP contribution >= 0.6 is 11.6 Å². The number of rotatable bonds is 3. The first-order valence-electron chi connectivity index (χ1n) is 5.71. The summed E-state index contributed by atoms with van der Waals surface area (Å²) >= 11 is 5.96. The molecular weight excluding hydrogens is 248 g/mol. The average molecular weight is 261 g/mol. The fraction of sp³-hybridized carbons (Fsp3) is 0.143.